The van der Waals surface area contributed by atoms with Crippen LogP contribution in [0.4, 0.5) is 17.5 Å². The van der Waals surface area contributed by atoms with Gasteiger partial charge in [-0.25, -0.2) is 13.4 Å². The van der Waals surface area contributed by atoms with E-state index >= 15 is 0 Å². The van der Waals surface area contributed by atoms with Gasteiger partial charge in [-0.15, -0.1) is 0 Å². The van der Waals surface area contributed by atoms with Gasteiger partial charge in [0.25, 0.3) is 0 Å². The van der Waals surface area contributed by atoms with Crippen molar-refractivity contribution in [3.8, 4) is 22.6 Å². The minimum absolute atomic E-state index is 0.264. The SMILES string of the molecule is CCCc1c(C)nc(N)nc1N1CCOc2ccc(-c3ccc(OC)c(NS(C)(=O)=O)c3)cc2C1. The number of nitrogen functional groups attached to an aromatic ring is 1. The van der Waals surface area contributed by atoms with Gasteiger partial charge in [-0.3, -0.25) is 4.72 Å². The summed E-state index contributed by atoms with van der Waals surface area (Å²) >= 11 is 0. The van der Waals surface area contributed by atoms with Crippen molar-refractivity contribution in [3.05, 3.63) is 53.2 Å². The van der Waals surface area contributed by atoms with Crippen molar-refractivity contribution in [1.82, 2.24) is 9.97 Å². The van der Waals surface area contributed by atoms with E-state index in [1.54, 1.807) is 12.1 Å². The number of methoxy groups -OCH3 is 1. The Morgan fingerprint density at radius 2 is 1.91 bits per heavy atom. The van der Waals surface area contributed by atoms with Crippen molar-refractivity contribution in [2.75, 3.05) is 41.9 Å². The number of aryl methyl sites for hydroxylation is 1. The predicted molar refractivity (Wildman–Crippen MR) is 139 cm³/mol. The van der Waals surface area contributed by atoms with Gasteiger partial charge in [0.2, 0.25) is 16.0 Å². The van der Waals surface area contributed by atoms with Gasteiger partial charge in [0, 0.05) is 23.4 Å². The molecule has 1 aromatic heterocycles. The normalized spacial score (nSPS) is 13.5. The third-order valence-corrected chi connectivity index (χ3v) is 6.47. The van der Waals surface area contributed by atoms with E-state index in [4.69, 9.17) is 15.2 Å². The van der Waals surface area contributed by atoms with E-state index in [1.165, 1.54) is 7.11 Å². The molecule has 0 fully saturated rings. The summed E-state index contributed by atoms with van der Waals surface area (Å²) in [5.41, 5.74) is 11.2. The van der Waals surface area contributed by atoms with Crippen LogP contribution in [-0.4, -0.2) is 44.9 Å². The Morgan fingerprint density at radius 3 is 2.63 bits per heavy atom. The summed E-state index contributed by atoms with van der Waals surface area (Å²) in [6, 6.07) is 11.4. The highest BCUT2D eigenvalue weighted by Crippen LogP contribution is 2.35. The Hall–Kier alpha value is -3.53. The summed E-state index contributed by atoms with van der Waals surface area (Å²) in [4.78, 5) is 11.2. The van der Waals surface area contributed by atoms with Crippen LogP contribution in [0.3, 0.4) is 0 Å². The second-order valence-electron chi connectivity index (χ2n) is 8.60. The van der Waals surface area contributed by atoms with E-state index in [2.05, 4.69) is 32.6 Å². The molecular formula is C25H31N5O4S. The second kappa shape index (κ2) is 9.99. The Kier molecular flexibility index (Phi) is 7.02. The molecule has 3 N–H and O–H groups in total. The Balaban J connectivity index is 1.72. The predicted octanol–water partition coefficient (Wildman–Crippen LogP) is 3.77. The zero-order valence-corrected chi connectivity index (χ0v) is 21.3. The first-order valence-corrected chi connectivity index (χ1v) is 13.4. The number of hydrogen-bond donors (Lipinski definition) is 2. The van der Waals surface area contributed by atoms with Crippen molar-refractivity contribution in [2.24, 2.45) is 0 Å². The summed E-state index contributed by atoms with van der Waals surface area (Å²) in [6.07, 6.45) is 2.96. The molecule has 10 heteroatoms. The molecule has 3 aromatic rings. The molecule has 2 heterocycles. The van der Waals surface area contributed by atoms with Crippen LogP contribution >= 0.6 is 0 Å². The maximum atomic E-state index is 11.8. The number of nitrogens with two attached hydrogens (primary N) is 1. The molecule has 0 saturated carbocycles. The van der Waals surface area contributed by atoms with E-state index in [-0.39, 0.29) is 5.95 Å². The van der Waals surface area contributed by atoms with E-state index in [9.17, 15) is 8.42 Å². The van der Waals surface area contributed by atoms with Crippen molar-refractivity contribution in [3.63, 3.8) is 0 Å². The van der Waals surface area contributed by atoms with Crippen LogP contribution < -0.4 is 24.8 Å². The Bertz CT molecular complexity index is 1340. The fourth-order valence-corrected chi connectivity index (χ4v) is 4.89. The van der Waals surface area contributed by atoms with Gasteiger partial charge in [-0.05, 0) is 48.7 Å². The Morgan fingerprint density at radius 1 is 1.17 bits per heavy atom. The molecule has 9 nitrogen and oxygen atoms in total. The molecule has 0 amide bonds. The topological polar surface area (TPSA) is 120 Å². The number of sulfonamides is 1. The molecule has 186 valence electrons. The van der Waals surface area contributed by atoms with Crippen LogP contribution in [0.25, 0.3) is 11.1 Å². The van der Waals surface area contributed by atoms with Gasteiger partial charge in [0.1, 0.15) is 23.9 Å². The molecule has 0 atom stereocenters. The molecule has 0 radical (unpaired) electrons. The number of aromatic nitrogens is 2. The lowest BCUT2D eigenvalue weighted by Crippen LogP contribution is -2.28. The molecule has 2 aromatic carbocycles. The number of hydrogen-bond acceptors (Lipinski definition) is 8. The molecule has 0 bridgehead atoms. The van der Waals surface area contributed by atoms with E-state index < -0.39 is 10.0 Å². The first-order valence-electron chi connectivity index (χ1n) is 11.5. The highest BCUT2D eigenvalue weighted by Gasteiger charge is 2.22. The van der Waals surface area contributed by atoms with Gasteiger partial charge < -0.3 is 20.1 Å². The zero-order chi connectivity index (χ0) is 25.2. The number of nitrogens with zero attached hydrogens (tertiary/aromatic N) is 3. The van der Waals surface area contributed by atoms with Crippen molar-refractivity contribution >= 4 is 27.5 Å². The second-order valence-corrected chi connectivity index (χ2v) is 10.3. The first-order chi connectivity index (χ1) is 16.7. The average molecular weight is 498 g/mol. The lowest BCUT2D eigenvalue weighted by atomic mass is 10.0. The van der Waals surface area contributed by atoms with E-state index in [1.807, 2.05) is 25.1 Å². The molecule has 0 aliphatic carbocycles. The van der Waals surface area contributed by atoms with Crippen LogP contribution in [0, 0.1) is 6.92 Å². The van der Waals surface area contributed by atoms with Gasteiger partial charge in [0.05, 0.1) is 25.6 Å². The standard InChI is InChI=1S/C25H31N5O4S/c1-5-6-20-16(2)27-25(26)28-24(20)30-11-12-34-22-9-7-17(13-19(22)15-30)18-8-10-23(33-3)21(14-18)29-35(4,31)32/h7-10,13-14,29H,5-6,11-12,15H2,1-4H3,(H2,26,27,28). The van der Waals surface area contributed by atoms with Crippen LogP contribution in [0.15, 0.2) is 36.4 Å². The van der Waals surface area contributed by atoms with Crippen molar-refractivity contribution in [2.45, 2.75) is 33.2 Å². The summed E-state index contributed by atoms with van der Waals surface area (Å²) < 4.78 is 37.6. The van der Waals surface area contributed by atoms with Gasteiger partial charge in [-0.1, -0.05) is 25.5 Å². The number of nitrogens with one attached hydrogen (secondary N) is 1. The monoisotopic (exact) mass is 497 g/mol. The van der Waals surface area contributed by atoms with Gasteiger partial charge >= 0.3 is 0 Å². The third-order valence-electron chi connectivity index (χ3n) is 5.88. The maximum Gasteiger partial charge on any atom is 0.229 e. The zero-order valence-electron chi connectivity index (χ0n) is 20.5. The van der Waals surface area contributed by atoms with Crippen molar-refractivity contribution in [1.29, 1.82) is 0 Å². The minimum Gasteiger partial charge on any atom is -0.495 e. The minimum atomic E-state index is -3.46. The summed E-state index contributed by atoms with van der Waals surface area (Å²) in [6.45, 7) is 5.89. The number of anilines is 3. The van der Waals surface area contributed by atoms with Crippen LogP contribution in [-0.2, 0) is 23.0 Å². The van der Waals surface area contributed by atoms with Gasteiger partial charge in [-0.2, -0.15) is 4.98 Å². The fourth-order valence-electron chi connectivity index (χ4n) is 4.33. The van der Waals surface area contributed by atoms with Gasteiger partial charge in [0.15, 0.2) is 0 Å². The third kappa shape index (κ3) is 5.59. The molecule has 1 aliphatic rings. The largest absolute Gasteiger partial charge is 0.495 e. The smallest absolute Gasteiger partial charge is 0.229 e. The number of ether oxygens (including phenoxy) is 2. The number of benzene rings is 2. The molecule has 0 unspecified atom stereocenters. The number of rotatable bonds is 7. The molecule has 0 saturated heterocycles. The highest BCUT2D eigenvalue weighted by molar-refractivity contribution is 7.92. The quantitative estimate of drug-likeness (QED) is 0.506. The first kappa shape index (κ1) is 24.6. The lowest BCUT2D eigenvalue weighted by molar-refractivity contribution is 0.331. The molecule has 1 aliphatic heterocycles. The summed E-state index contributed by atoms with van der Waals surface area (Å²) in [7, 11) is -1.96. The van der Waals surface area contributed by atoms with Crippen LogP contribution in [0.2, 0.25) is 0 Å². The lowest BCUT2D eigenvalue weighted by Gasteiger charge is -2.25. The molecule has 4 rings (SSSR count). The average Bonchev–Trinajstić information content (AvgIpc) is 3.01. The summed E-state index contributed by atoms with van der Waals surface area (Å²) in [5.74, 6) is 2.38. The Labute approximate surface area is 206 Å². The van der Waals surface area contributed by atoms with Crippen LogP contribution in [0.1, 0.15) is 30.2 Å². The summed E-state index contributed by atoms with van der Waals surface area (Å²) in [5, 5.41) is 0. The van der Waals surface area contributed by atoms with Crippen molar-refractivity contribution < 1.29 is 17.9 Å². The number of fused-ring (bicyclic) bond motifs is 1. The molecule has 35 heavy (non-hydrogen) atoms. The maximum absolute atomic E-state index is 11.8. The highest BCUT2D eigenvalue weighted by atomic mass is 32.2. The fraction of sp³-hybridized carbons (Fsp3) is 0.360. The van der Waals surface area contributed by atoms with Crippen LogP contribution in [0.5, 0.6) is 11.5 Å². The van der Waals surface area contributed by atoms with E-state index in [0.717, 1.165) is 58.6 Å². The van der Waals surface area contributed by atoms with E-state index in [0.29, 0.717) is 31.1 Å². The molecule has 0 spiro atoms. The molecular weight excluding hydrogens is 466 g/mol.